The minimum atomic E-state index is -5.12. The number of alkyl halides is 4. The molecule has 0 saturated carbocycles. The lowest BCUT2D eigenvalue weighted by molar-refractivity contribution is -0.228. The highest BCUT2D eigenvalue weighted by Gasteiger charge is 2.54. The number of hydrogen-bond acceptors (Lipinski definition) is 2. The van der Waals surface area contributed by atoms with E-state index in [2.05, 4.69) is 22.1 Å². The molecule has 0 spiro atoms. The Morgan fingerprint density at radius 3 is 2.39 bits per heavy atom. The number of nitrogens with zero attached hydrogens (tertiary/aromatic N) is 2. The number of hydrogen-bond donors (Lipinski definition) is 0. The second-order valence-electron chi connectivity index (χ2n) is 3.52. The van der Waals surface area contributed by atoms with Crippen LogP contribution in [0.5, 0.6) is 0 Å². The molecule has 1 atom stereocenters. The van der Waals surface area contributed by atoms with Crippen LogP contribution in [0.4, 0.5) is 28.9 Å². The van der Waals surface area contributed by atoms with Gasteiger partial charge in [-0.05, 0) is 31.3 Å². The quantitative estimate of drug-likeness (QED) is 0.330. The van der Waals surface area contributed by atoms with Crippen LogP contribution < -0.4 is 0 Å². The molecule has 0 saturated heterocycles. The van der Waals surface area contributed by atoms with E-state index in [4.69, 9.17) is 6.57 Å². The van der Waals surface area contributed by atoms with Crippen molar-refractivity contribution in [1.82, 2.24) is 0 Å². The van der Waals surface area contributed by atoms with Crippen molar-refractivity contribution in [2.75, 3.05) is 0 Å². The molecule has 0 aliphatic carbocycles. The fraction of sp³-hybridized carbons (Fsp3) is 0.273. The van der Waals surface area contributed by atoms with Crippen LogP contribution >= 0.6 is 12.2 Å². The molecule has 94 valence electrons. The van der Waals surface area contributed by atoms with Crippen LogP contribution in [-0.4, -0.2) is 11.3 Å². The van der Waals surface area contributed by atoms with Crippen LogP contribution in [0.1, 0.15) is 12.5 Å². The van der Waals surface area contributed by atoms with E-state index in [1.54, 1.807) is 0 Å². The fourth-order valence-corrected chi connectivity index (χ4v) is 1.38. The first-order valence-corrected chi connectivity index (χ1v) is 5.00. The average molecular weight is 274 g/mol. The van der Waals surface area contributed by atoms with Crippen molar-refractivity contribution in [2.45, 2.75) is 18.8 Å². The van der Waals surface area contributed by atoms with Crippen molar-refractivity contribution in [2.24, 2.45) is 4.99 Å². The van der Waals surface area contributed by atoms with Crippen molar-refractivity contribution in [3.05, 3.63) is 35.2 Å². The molecule has 0 heterocycles. The number of isothiocyanates is 1. The summed E-state index contributed by atoms with van der Waals surface area (Å²) in [6.07, 6.45) is -5.12. The van der Waals surface area contributed by atoms with Gasteiger partial charge in [-0.2, -0.15) is 18.2 Å². The smallest absolute Gasteiger partial charge is 0.238 e. The van der Waals surface area contributed by atoms with E-state index >= 15 is 0 Å². The maximum absolute atomic E-state index is 13.8. The molecular formula is C11H6F4N2S. The maximum atomic E-state index is 13.8. The Hall–Kier alpha value is -1.77. The van der Waals surface area contributed by atoms with E-state index in [0.29, 0.717) is 6.92 Å². The number of halogens is 4. The summed E-state index contributed by atoms with van der Waals surface area (Å²) in [6, 6.07) is 3.18. The van der Waals surface area contributed by atoms with Gasteiger partial charge in [0.2, 0.25) is 5.67 Å². The summed E-state index contributed by atoms with van der Waals surface area (Å²) in [7, 11) is 0. The van der Waals surface area contributed by atoms with Crippen molar-refractivity contribution < 1.29 is 17.6 Å². The van der Waals surface area contributed by atoms with Gasteiger partial charge in [0.05, 0.1) is 17.4 Å². The van der Waals surface area contributed by atoms with Crippen molar-refractivity contribution in [3.8, 4) is 0 Å². The highest BCUT2D eigenvalue weighted by molar-refractivity contribution is 7.78. The summed E-state index contributed by atoms with van der Waals surface area (Å²) < 4.78 is 51.7. The molecule has 0 aromatic heterocycles. The normalized spacial score (nSPS) is 14.2. The van der Waals surface area contributed by atoms with Crippen molar-refractivity contribution >= 4 is 28.8 Å². The van der Waals surface area contributed by atoms with E-state index in [1.165, 1.54) is 6.07 Å². The van der Waals surface area contributed by atoms with Gasteiger partial charge in [0.15, 0.2) is 5.69 Å². The molecule has 2 nitrogen and oxygen atoms in total. The first-order chi connectivity index (χ1) is 8.24. The first-order valence-electron chi connectivity index (χ1n) is 4.59. The standard InChI is InChI=1S/C11H6F4N2S/c1-10(12,11(13,14)15)8-5-7(17-6-18)3-4-9(8)16-2/h3-5H,1H3. The van der Waals surface area contributed by atoms with Crippen LogP contribution in [0.25, 0.3) is 4.85 Å². The average Bonchev–Trinajstić information content (AvgIpc) is 2.28. The topological polar surface area (TPSA) is 16.7 Å². The molecule has 0 aliphatic rings. The molecule has 0 fully saturated rings. The molecular weight excluding hydrogens is 268 g/mol. The summed E-state index contributed by atoms with van der Waals surface area (Å²) in [5, 5.41) is 1.97. The van der Waals surface area contributed by atoms with Crippen LogP contribution in [0.2, 0.25) is 0 Å². The number of aliphatic imine (C=N–C) groups is 1. The molecule has 1 rings (SSSR count). The van der Waals surface area contributed by atoms with Gasteiger partial charge in [-0.3, -0.25) is 0 Å². The van der Waals surface area contributed by atoms with E-state index in [0.717, 1.165) is 12.1 Å². The largest absolute Gasteiger partial charge is 0.425 e. The fourth-order valence-electron chi connectivity index (χ4n) is 1.27. The summed E-state index contributed by atoms with van der Waals surface area (Å²) in [6.45, 7) is 7.13. The van der Waals surface area contributed by atoms with E-state index < -0.39 is 23.1 Å². The molecule has 0 radical (unpaired) electrons. The summed E-state index contributed by atoms with van der Waals surface area (Å²) in [5.41, 5.74) is -4.81. The highest BCUT2D eigenvalue weighted by atomic mass is 32.1. The van der Waals surface area contributed by atoms with Crippen LogP contribution in [0, 0.1) is 6.57 Å². The van der Waals surface area contributed by atoms with Gasteiger partial charge >= 0.3 is 6.18 Å². The molecule has 0 amide bonds. The second kappa shape index (κ2) is 4.84. The zero-order chi connectivity index (χ0) is 14.0. The molecule has 1 unspecified atom stereocenters. The Bertz CT molecular complexity index is 551. The van der Waals surface area contributed by atoms with Crippen molar-refractivity contribution in [3.63, 3.8) is 0 Å². The third kappa shape index (κ3) is 2.55. The molecule has 0 aliphatic heterocycles. The van der Waals surface area contributed by atoms with Crippen LogP contribution in [0.15, 0.2) is 23.2 Å². The third-order valence-corrected chi connectivity index (χ3v) is 2.40. The number of thiocarbonyl (C=S) groups is 1. The maximum Gasteiger partial charge on any atom is 0.425 e. The lowest BCUT2D eigenvalue weighted by atomic mass is 9.95. The van der Waals surface area contributed by atoms with Crippen LogP contribution in [-0.2, 0) is 5.67 Å². The highest BCUT2D eigenvalue weighted by Crippen LogP contribution is 2.46. The van der Waals surface area contributed by atoms with Gasteiger partial charge in [0.1, 0.15) is 0 Å². The summed E-state index contributed by atoms with van der Waals surface area (Å²) >= 11 is 4.31. The molecule has 18 heavy (non-hydrogen) atoms. The summed E-state index contributed by atoms with van der Waals surface area (Å²) in [4.78, 5) is 6.34. The van der Waals surface area contributed by atoms with Gasteiger partial charge < -0.3 is 0 Å². The molecule has 1 aromatic rings. The lowest BCUT2D eigenvalue weighted by Gasteiger charge is -2.25. The van der Waals surface area contributed by atoms with E-state index in [-0.39, 0.29) is 5.69 Å². The lowest BCUT2D eigenvalue weighted by Crippen LogP contribution is -2.35. The minimum absolute atomic E-state index is 0.0144. The van der Waals surface area contributed by atoms with Gasteiger partial charge in [0.25, 0.3) is 0 Å². The second-order valence-corrected chi connectivity index (χ2v) is 3.70. The SMILES string of the molecule is [C-]#[N+]c1ccc(N=C=S)cc1C(C)(F)C(F)(F)F. The molecule has 1 aromatic carbocycles. The van der Waals surface area contributed by atoms with E-state index in [1.807, 2.05) is 5.16 Å². The Balaban J connectivity index is 3.51. The third-order valence-electron chi connectivity index (χ3n) is 2.31. The zero-order valence-corrected chi connectivity index (χ0v) is 9.86. The zero-order valence-electron chi connectivity index (χ0n) is 9.05. The Morgan fingerprint density at radius 2 is 1.94 bits per heavy atom. The number of rotatable bonds is 2. The Morgan fingerprint density at radius 1 is 1.33 bits per heavy atom. The molecule has 0 N–H and O–H groups in total. The van der Waals surface area contributed by atoms with Gasteiger partial charge in [0, 0.05) is 5.56 Å². The van der Waals surface area contributed by atoms with Crippen molar-refractivity contribution in [1.29, 1.82) is 0 Å². The van der Waals surface area contributed by atoms with Gasteiger partial charge in [-0.15, -0.1) is 0 Å². The molecule has 0 bridgehead atoms. The van der Waals surface area contributed by atoms with Gasteiger partial charge in [-0.1, -0.05) is 6.07 Å². The Labute approximate surface area is 106 Å². The molecule has 7 heteroatoms. The predicted octanol–water partition coefficient (Wildman–Crippen LogP) is 4.72. The Kier molecular flexibility index (Phi) is 3.85. The van der Waals surface area contributed by atoms with E-state index in [9.17, 15) is 17.6 Å². The first kappa shape index (κ1) is 14.3. The minimum Gasteiger partial charge on any atom is -0.238 e. The van der Waals surface area contributed by atoms with Crippen LogP contribution in [0.3, 0.4) is 0 Å². The number of benzene rings is 1. The predicted molar refractivity (Wildman–Crippen MR) is 61.9 cm³/mol. The monoisotopic (exact) mass is 274 g/mol. The van der Waals surface area contributed by atoms with Gasteiger partial charge in [-0.25, -0.2) is 9.24 Å². The summed E-state index contributed by atoms with van der Waals surface area (Å²) in [5.74, 6) is 0.